The Balaban J connectivity index is 2.00. The number of nitrogens with zero attached hydrogens (tertiary/aromatic N) is 4. The SMILES string of the molecule is CCCCS[C@@H](C)C(=O)N1CCn2c(nnc2C(F)(F)F)C1. The van der Waals surface area contributed by atoms with Crippen molar-refractivity contribution in [1.29, 1.82) is 0 Å². The van der Waals surface area contributed by atoms with E-state index in [1.54, 1.807) is 16.7 Å². The predicted octanol–water partition coefficient (Wildman–Crippen LogP) is 2.56. The Morgan fingerprint density at radius 3 is 2.73 bits per heavy atom. The minimum Gasteiger partial charge on any atom is -0.332 e. The number of fused-ring (bicyclic) bond motifs is 1. The zero-order valence-electron chi connectivity index (χ0n) is 12.6. The quantitative estimate of drug-likeness (QED) is 0.776. The van der Waals surface area contributed by atoms with E-state index >= 15 is 0 Å². The van der Waals surface area contributed by atoms with E-state index in [-0.39, 0.29) is 36.6 Å². The van der Waals surface area contributed by atoms with Crippen molar-refractivity contribution < 1.29 is 18.0 Å². The molecule has 0 spiro atoms. The highest BCUT2D eigenvalue weighted by atomic mass is 32.2. The number of carbonyl (C=O) groups excluding carboxylic acids is 1. The summed E-state index contributed by atoms with van der Waals surface area (Å²) in [5.74, 6) is 0.0626. The van der Waals surface area contributed by atoms with Crippen LogP contribution in [0.1, 0.15) is 38.3 Å². The van der Waals surface area contributed by atoms with E-state index in [4.69, 9.17) is 0 Å². The molecule has 0 aromatic carbocycles. The van der Waals surface area contributed by atoms with Crippen LogP contribution in [-0.2, 0) is 24.1 Å². The van der Waals surface area contributed by atoms with Crippen LogP contribution in [0.2, 0.25) is 0 Å². The van der Waals surface area contributed by atoms with Crippen molar-refractivity contribution in [3.8, 4) is 0 Å². The topological polar surface area (TPSA) is 51.0 Å². The summed E-state index contributed by atoms with van der Waals surface area (Å²) in [5.41, 5.74) is 0. The van der Waals surface area contributed by atoms with Gasteiger partial charge in [0, 0.05) is 13.1 Å². The van der Waals surface area contributed by atoms with Crippen molar-refractivity contribution in [3.05, 3.63) is 11.6 Å². The van der Waals surface area contributed by atoms with E-state index in [0.29, 0.717) is 0 Å². The van der Waals surface area contributed by atoms with Crippen molar-refractivity contribution in [1.82, 2.24) is 19.7 Å². The highest BCUT2D eigenvalue weighted by Gasteiger charge is 2.40. The molecule has 2 heterocycles. The zero-order valence-corrected chi connectivity index (χ0v) is 13.4. The lowest BCUT2D eigenvalue weighted by atomic mass is 10.3. The first-order valence-electron chi connectivity index (χ1n) is 7.24. The standard InChI is InChI=1S/C13H19F3N4OS/c1-3-4-7-22-9(2)11(21)19-5-6-20-10(8-19)17-18-12(20)13(14,15)16/h9H,3-8H2,1-2H3/t9-/m0/s1. The molecule has 5 nitrogen and oxygen atoms in total. The molecule has 0 aliphatic carbocycles. The molecule has 1 atom stereocenters. The van der Waals surface area contributed by atoms with Crippen LogP contribution in [0.25, 0.3) is 0 Å². The van der Waals surface area contributed by atoms with Crippen LogP contribution in [0.5, 0.6) is 0 Å². The maximum absolute atomic E-state index is 12.8. The molecule has 0 radical (unpaired) electrons. The lowest BCUT2D eigenvalue weighted by molar-refractivity contribution is -0.148. The van der Waals surface area contributed by atoms with Crippen molar-refractivity contribution in [3.63, 3.8) is 0 Å². The van der Waals surface area contributed by atoms with Crippen LogP contribution in [0.4, 0.5) is 13.2 Å². The highest BCUT2D eigenvalue weighted by molar-refractivity contribution is 8.00. The van der Waals surface area contributed by atoms with E-state index in [1.807, 2.05) is 6.92 Å². The smallest absolute Gasteiger partial charge is 0.332 e. The Labute approximate surface area is 131 Å². The minimum atomic E-state index is -4.51. The summed E-state index contributed by atoms with van der Waals surface area (Å²) in [6.07, 6.45) is -2.40. The van der Waals surface area contributed by atoms with Crippen molar-refractivity contribution in [2.75, 3.05) is 12.3 Å². The van der Waals surface area contributed by atoms with Gasteiger partial charge in [0.1, 0.15) is 0 Å². The number of aromatic nitrogens is 3. The molecule has 1 aliphatic rings. The maximum atomic E-state index is 12.8. The minimum absolute atomic E-state index is 0.0519. The van der Waals surface area contributed by atoms with E-state index in [0.717, 1.165) is 23.2 Å². The van der Waals surface area contributed by atoms with E-state index < -0.39 is 12.0 Å². The first kappa shape index (κ1) is 17.1. The summed E-state index contributed by atoms with van der Waals surface area (Å²) < 4.78 is 39.3. The van der Waals surface area contributed by atoms with Crippen molar-refractivity contribution in [2.24, 2.45) is 0 Å². The average Bonchev–Trinajstić information content (AvgIpc) is 2.89. The fraction of sp³-hybridized carbons (Fsp3) is 0.769. The number of rotatable bonds is 5. The molecule has 1 aromatic rings. The normalized spacial score (nSPS) is 16.5. The van der Waals surface area contributed by atoms with Crippen LogP contribution in [0, 0.1) is 0 Å². The summed E-state index contributed by atoms with van der Waals surface area (Å²) in [6, 6.07) is 0. The lowest BCUT2D eigenvalue weighted by Gasteiger charge is -2.30. The van der Waals surface area contributed by atoms with Gasteiger partial charge in [0.2, 0.25) is 11.7 Å². The number of carbonyl (C=O) groups is 1. The van der Waals surface area contributed by atoms with E-state index in [1.165, 1.54) is 0 Å². The molecule has 1 amide bonds. The highest BCUT2D eigenvalue weighted by Crippen LogP contribution is 2.29. The van der Waals surface area contributed by atoms with E-state index in [9.17, 15) is 18.0 Å². The molecule has 0 N–H and O–H groups in total. The number of hydrogen-bond acceptors (Lipinski definition) is 4. The molecule has 0 saturated carbocycles. The van der Waals surface area contributed by atoms with Gasteiger partial charge in [-0.3, -0.25) is 4.79 Å². The Kier molecular flexibility index (Phi) is 5.36. The van der Waals surface area contributed by atoms with Gasteiger partial charge >= 0.3 is 6.18 Å². The molecule has 0 bridgehead atoms. The summed E-state index contributed by atoms with van der Waals surface area (Å²) in [7, 11) is 0. The van der Waals surface area contributed by atoms with Crippen LogP contribution < -0.4 is 0 Å². The molecule has 22 heavy (non-hydrogen) atoms. The molecule has 0 fully saturated rings. The second kappa shape index (κ2) is 6.89. The first-order valence-corrected chi connectivity index (χ1v) is 8.29. The monoisotopic (exact) mass is 336 g/mol. The Morgan fingerprint density at radius 1 is 1.36 bits per heavy atom. The van der Waals surface area contributed by atoms with Gasteiger partial charge in [-0.05, 0) is 19.1 Å². The Hall–Kier alpha value is -1.25. The molecule has 1 aliphatic heterocycles. The molecule has 0 saturated heterocycles. The first-order chi connectivity index (χ1) is 10.3. The maximum Gasteiger partial charge on any atom is 0.451 e. The second-order valence-electron chi connectivity index (χ2n) is 5.22. The van der Waals surface area contributed by atoms with E-state index in [2.05, 4.69) is 17.1 Å². The molecule has 2 rings (SSSR count). The largest absolute Gasteiger partial charge is 0.451 e. The summed E-state index contributed by atoms with van der Waals surface area (Å²) >= 11 is 1.58. The fourth-order valence-electron chi connectivity index (χ4n) is 2.29. The van der Waals surface area contributed by atoms with Gasteiger partial charge in [-0.1, -0.05) is 13.3 Å². The van der Waals surface area contributed by atoms with Crippen LogP contribution >= 0.6 is 11.8 Å². The number of thioether (sulfide) groups is 1. The number of amides is 1. The predicted molar refractivity (Wildman–Crippen MR) is 77.3 cm³/mol. The molecule has 0 unspecified atom stereocenters. The Bertz CT molecular complexity index is 532. The lowest BCUT2D eigenvalue weighted by Crippen LogP contribution is -2.42. The van der Waals surface area contributed by atoms with Crippen LogP contribution in [-0.4, -0.2) is 43.1 Å². The van der Waals surface area contributed by atoms with Gasteiger partial charge in [0.25, 0.3) is 0 Å². The summed E-state index contributed by atoms with van der Waals surface area (Å²) in [4.78, 5) is 13.9. The third-order valence-corrected chi connectivity index (χ3v) is 4.76. The number of hydrogen-bond donors (Lipinski definition) is 0. The van der Waals surface area contributed by atoms with Gasteiger partial charge in [-0.25, -0.2) is 0 Å². The van der Waals surface area contributed by atoms with Crippen LogP contribution in [0.3, 0.4) is 0 Å². The van der Waals surface area contributed by atoms with Gasteiger partial charge < -0.3 is 9.47 Å². The van der Waals surface area contributed by atoms with Gasteiger partial charge in [0.15, 0.2) is 5.82 Å². The molecular formula is C13H19F3N4OS. The van der Waals surface area contributed by atoms with Crippen molar-refractivity contribution >= 4 is 17.7 Å². The summed E-state index contributed by atoms with van der Waals surface area (Å²) in [5, 5.41) is 6.60. The molecule has 9 heteroatoms. The Morgan fingerprint density at radius 2 is 2.09 bits per heavy atom. The second-order valence-corrected chi connectivity index (χ2v) is 6.66. The molecule has 124 valence electrons. The van der Waals surface area contributed by atoms with Crippen molar-refractivity contribution in [2.45, 2.75) is 51.2 Å². The molecular weight excluding hydrogens is 317 g/mol. The van der Waals surface area contributed by atoms with Gasteiger partial charge in [-0.15, -0.1) is 22.0 Å². The zero-order chi connectivity index (χ0) is 16.3. The van der Waals surface area contributed by atoms with Gasteiger partial charge in [-0.2, -0.15) is 13.2 Å². The third-order valence-electron chi connectivity index (χ3n) is 3.53. The average molecular weight is 336 g/mol. The number of unbranched alkanes of at least 4 members (excludes halogenated alkanes) is 1. The number of halogens is 3. The molecule has 1 aromatic heterocycles. The fourth-order valence-corrected chi connectivity index (χ4v) is 3.39. The van der Waals surface area contributed by atoms with Crippen LogP contribution in [0.15, 0.2) is 0 Å². The summed E-state index contributed by atoms with van der Waals surface area (Å²) in [6.45, 7) is 4.34. The number of alkyl halides is 3. The van der Waals surface area contributed by atoms with Gasteiger partial charge in [0.05, 0.1) is 11.8 Å². The third kappa shape index (κ3) is 3.74.